The van der Waals surface area contributed by atoms with Crippen LogP contribution in [-0.2, 0) is 16.1 Å². The summed E-state index contributed by atoms with van der Waals surface area (Å²) in [4.78, 5) is 26.8. The summed E-state index contributed by atoms with van der Waals surface area (Å²) in [6.45, 7) is 4.52. The summed E-state index contributed by atoms with van der Waals surface area (Å²) in [6, 6.07) is 3.67. The third-order valence-electron chi connectivity index (χ3n) is 3.86. The van der Waals surface area contributed by atoms with Crippen LogP contribution in [-0.4, -0.2) is 46.9 Å². The number of amides is 1. The first kappa shape index (κ1) is 15.9. The van der Waals surface area contributed by atoms with Gasteiger partial charge in [0.2, 0.25) is 5.91 Å². The van der Waals surface area contributed by atoms with Crippen LogP contribution in [0.2, 0.25) is 0 Å². The second-order valence-corrected chi connectivity index (χ2v) is 6.42. The number of ether oxygens (including phenoxy) is 1. The van der Waals surface area contributed by atoms with Gasteiger partial charge in [-0.15, -0.1) is 16.4 Å². The topological polar surface area (TPSA) is 77.6 Å². The Labute approximate surface area is 137 Å². The van der Waals surface area contributed by atoms with Gasteiger partial charge in [0, 0.05) is 25.6 Å². The van der Waals surface area contributed by atoms with E-state index in [9.17, 15) is 9.59 Å². The summed E-state index contributed by atoms with van der Waals surface area (Å²) >= 11 is 1.43. The molecule has 1 aliphatic rings. The lowest BCUT2D eigenvalue weighted by Gasteiger charge is -2.23. The Morgan fingerprint density at radius 2 is 2.43 bits per heavy atom. The minimum Gasteiger partial charge on any atom is -0.387 e. The third-order valence-corrected chi connectivity index (χ3v) is 4.72. The van der Waals surface area contributed by atoms with E-state index < -0.39 is 5.76 Å². The summed E-state index contributed by atoms with van der Waals surface area (Å²) in [5, 5.41) is 5.99. The average molecular weight is 337 g/mol. The molecule has 0 aromatic carbocycles. The molecule has 0 aliphatic carbocycles. The number of nitrogens with zero attached hydrogens (tertiary/aromatic N) is 3. The predicted octanol–water partition coefficient (Wildman–Crippen LogP) is 1.45. The Morgan fingerprint density at radius 1 is 1.57 bits per heavy atom. The Bertz CT molecular complexity index is 701. The molecule has 0 N–H and O–H groups in total. The zero-order chi connectivity index (χ0) is 16.2. The fourth-order valence-electron chi connectivity index (χ4n) is 2.58. The first-order chi connectivity index (χ1) is 11.2. The molecular formula is C15H19N3O4S. The molecule has 0 saturated carbocycles. The van der Waals surface area contributed by atoms with E-state index in [0.29, 0.717) is 25.6 Å². The number of carbonyl (C=O) groups is 1. The van der Waals surface area contributed by atoms with Gasteiger partial charge >= 0.3 is 5.76 Å². The molecule has 2 aromatic rings. The number of hydrogen-bond donors (Lipinski definition) is 0. The first-order valence-electron chi connectivity index (χ1n) is 7.64. The van der Waals surface area contributed by atoms with Gasteiger partial charge in [0.15, 0.2) is 0 Å². The molecular weight excluding hydrogens is 318 g/mol. The lowest BCUT2D eigenvalue weighted by atomic mass is 10.1. The molecule has 1 amide bonds. The highest BCUT2D eigenvalue weighted by atomic mass is 32.1. The van der Waals surface area contributed by atoms with E-state index >= 15 is 0 Å². The minimum atomic E-state index is -0.609. The Hall–Kier alpha value is -1.93. The highest BCUT2D eigenvalue weighted by molar-refractivity contribution is 7.13. The Kier molecular flexibility index (Phi) is 4.92. The Morgan fingerprint density at radius 3 is 3.09 bits per heavy atom. The van der Waals surface area contributed by atoms with E-state index in [4.69, 9.17) is 9.15 Å². The van der Waals surface area contributed by atoms with Gasteiger partial charge in [-0.05, 0) is 24.8 Å². The van der Waals surface area contributed by atoms with E-state index in [2.05, 4.69) is 5.10 Å². The molecule has 1 aliphatic heterocycles. The fourth-order valence-corrected chi connectivity index (χ4v) is 3.22. The predicted molar refractivity (Wildman–Crippen MR) is 85.3 cm³/mol. The van der Waals surface area contributed by atoms with Crippen LogP contribution in [0.15, 0.2) is 26.7 Å². The van der Waals surface area contributed by atoms with Gasteiger partial charge in [-0.1, -0.05) is 6.07 Å². The SMILES string of the molecule is CCN(C[C@H]1CCOC1)C(=O)Cn1nc(-c2cccs2)oc1=O. The van der Waals surface area contributed by atoms with Gasteiger partial charge in [-0.25, -0.2) is 4.79 Å². The smallest absolute Gasteiger partial charge is 0.387 e. The molecule has 23 heavy (non-hydrogen) atoms. The molecule has 0 bridgehead atoms. The van der Waals surface area contributed by atoms with Crippen LogP contribution in [0.1, 0.15) is 13.3 Å². The van der Waals surface area contributed by atoms with E-state index in [1.165, 1.54) is 11.3 Å². The van der Waals surface area contributed by atoms with Crippen molar-refractivity contribution < 1.29 is 13.9 Å². The molecule has 8 heteroatoms. The lowest BCUT2D eigenvalue weighted by Crippen LogP contribution is -2.39. The molecule has 7 nitrogen and oxygen atoms in total. The number of likely N-dealkylation sites (N-methyl/N-ethyl adjacent to an activating group) is 1. The number of thiophene rings is 1. The van der Waals surface area contributed by atoms with Crippen molar-refractivity contribution in [3.8, 4) is 10.8 Å². The van der Waals surface area contributed by atoms with Crippen LogP contribution < -0.4 is 5.76 Å². The van der Waals surface area contributed by atoms with Crippen LogP contribution in [0.25, 0.3) is 10.8 Å². The zero-order valence-electron chi connectivity index (χ0n) is 12.9. The van der Waals surface area contributed by atoms with Crippen molar-refractivity contribution in [3.05, 3.63) is 28.1 Å². The highest BCUT2D eigenvalue weighted by Gasteiger charge is 2.23. The normalized spacial score (nSPS) is 17.5. The summed E-state index contributed by atoms with van der Waals surface area (Å²) in [5.41, 5.74) is 0. The summed E-state index contributed by atoms with van der Waals surface area (Å²) in [6.07, 6.45) is 0.968. The molecule has 0 spiro atoms. The van der Waals surface area contributed by atoms with Crippen molar-refractivity contribution in [2.45, 2.75) is 19.9 Å². The van der Waals surface area contributed by atoms with E-state index in [0.717, 1.165) is 22.6 Å². The molecule has 3 heterocycles. The third kappa shape index (κ3) is 3.70. The van der Waals surface area contributed by atoms with Gasteiger partial charge in [0.1, 0.15) is 6.54 Å². The van der Waals surface area contributed by atoms with Crippen molar-refractivity contribution in [2.24, 2.45) is 5.92 Å². The lowest BCUT2D eigenvalue weighted by molar-refractivity contribution is -0.132. The van der Waals surface area contributed by atoms with E-state index in [1.807, 2.05) is 24.4 Å². The molecule has 2 aromatic heterocycles. The molecule has 3 rings (SSSR count). The molecule has 0 unspecified atom stereocenters. The maximum absolute atomic E-state index is 12.4. The van der Waals surface area contributed by atoms with Gasteiger partial charge in [-0.2, -0.15) is 4.68 Å². The number of carbonyl (C=O) groups excluding carboxylic acids is 1. The van der Waals surface area contributed by atoms with Crippen LogP contribution in [0, 0.1) is 5.92 Å². The largest absolute Gasteiger partial charge is 0.437 e. The number of hydrogen-bond acceptors (Lipinski definition) is 6. The van der Waals surface area contributed by atoms with E-state index in [-0.39, 0.29) is 18.3 Å². The quantitative estimate of drug-likeness (QED) is 0.797. The standard InChI is InChI=1S/C15H19N3O4S/c1-2-17(8-11-5-6-21-10-11)13(19)9-18-15(20)22-14(16-18)12-4-3-7-23-12/h3-4,7,11H,2,5-6,8-10H2,1H3/t11-/m1/s1. The monoisotopic (exact) mass is 337 g/mol. The Balaban J connectivity index is 1.67. The fraction of sp³-hybridized carbons (Fsp3) is 0.533. The number of rotatable bonds is 6. The van der Waals surface area contributed by atoms with Gasteiger partial charge in [0.25, 0.3) is 5.89 Å². The second kappa shape index (κ2) is 7.10. The molecule has 1 atom stereocenters. The van der Waals surface area contributed by atoms with Crippen molar-refractivity contribution >= 4 is 17.2 Å². The van der Waals surface area contributed by atoms with Gasteiger partial charge < -0.3 is 14.1 Å². The summed E-state index contributed by atoms with van der Waals surface area (Å²) in [7, 11) is 0. The summed E-state index contributed by atoms with van der Waals surface area (Å²) < 4.78 is 11.6. The van der Waals surface area contributed by atoms with Crippen LogP contribution in [0.4, 0.5) is 0 Å². The molecule has 124 valence electrons. The number of aromatic nitrogens is 2. The van der Waals surface area contributed by atoms with Crippen molar-refractivity contribution in [1.82, 2.24) is 14.7 Å². The highest BCUT2D eigenvalue weighted by Crippen LogP contribution is 2.21. The second-order valence-electron chi connectivity index (χ2n) is 5.47. The van der Waals surface area contributed by atoms with E-state index in [1.54, 1.807) is 4.90 Å². The van der Waals surface area contributed by atoms with Crippen LogP contribution in [0.5, 0.6) is 0 Å². The maximum atomic E-state index is 12.4. The summed E-state index contributed by atoms with van der Waals surface area (Å²) in [5.74, 6) is -0.116. The average Bonchev–Trinajstić information content (AvgIpc) is 3.27. The minimum absolute atomic E-state index is 0.102. The zero-order valence-corrected chi connectivity index (χ0v) is 13.8. The first-order valence-corrected chi connectivity index (χ1v) is 8.52. The van der Waals surface area contributed by atoms with Crippen molar-refractivity contribution in [1.29, 1.82) is 0 Å². The molecule has 0 radical (unpaired) electrons. The van der Waals surface area contributed by atoms with Crippen molar-refractivity contribution in [2.75, 3.05) is 26.3 Å². The van der Waals surface area contributed by atoms with Crippen molar-refractivity contribution in [3.63, 3.8) is 0 Å². The maximum Gasteiger partial charge on any atom is 0.437 e. The van der Waals surface area contributed by atoms with Gasteiger partial charge in [0.05, 0.1) is 11.5 Å². The van der Waals surface area contributed by atoms with Gasteiger partial charge in [-0.3, -0.25) is 4.79 Å². The van der Waals surface area contributed by atoms with Crippen LogP contribution in [0.3, 0.4) is 0 Å². The molecule has 1 saturated heterocycles. The molecule has 1 fully saturated rings. The van der Waals surface area contributed by atoms with Crippen LogP contribution >= 0.6 is 11.3 Å².